The number of rotatable bonds is 4. The number of amides is 1. The Morgan fingerprint density at radius 1 is 1.50 bits per heavy atom. The highest BCUT2D eigenvalue weighted by Crippen LogP contribution is 2.19. The highest BCUT2D eigenvalue weighted by atomic mass is 32.2. The van der Waals surface area contributed by atoms with Gasteiger partial charge in [-0.2, -0.15) is 0 Å². The van der Waals surface area contributed by atoms with Crippen molar-refractivity contribution in [2.45, 2.75) is 31.3 Å². The van der Waals surface area contributed by atoms with E-state index in [4.69, 9.17) is 9.56 Å². The summed E-state index contributed by atoms with van der Waals surface area (Å²) in [6.45, 7) is 2.10. The molecule has 0 spiro atoms. The van der Waals surface area contributed by atoms with Crippen molar-refractivity contribution in [1.29, 1.82) is 0 Å². The third-order valence-electron chi connectivity index (χ3n) is 3.35. The Labute approximate surface area is 118 Å². The lowest BCUT2D eigenvalue weighted by molar-refractivity contribution is 0.0944. The number of hydrogen-bond donors (Lipinski definition) is 2. The molecule has 0 aromatic carbocycles. The van der Waals surface area contributed by atoms with E-state index in [2.05, 4.69) is 17.5 Å². The van der Waals surface area contributed by atoms with Crippen LogP contribution >= 0.6 is 0 Å². The lowest BCUT2D eigenvalue weighted by Gasteiger charge is -2.17. The Balaban J connectivity index is 2.02. The number of aryl methyl sites for hydroxylation is 1. The first-order chi connectivity index (χ1) is 9.38. The lowest BCUT2D eigenvalue weighted by Crippen LogP contribution is -2.29. The predicted molar refractivity (Wildman–Crippen MR) is 73.6 cm³/mol. The summed E-state index contributed by atoms with van der Waals surface area (Å²) in [7, 11) is -3.93. The molecule has 110 valence electrons. The molecule has 0 fully saturated rings. The lowest BCUT2D eigenvalue weighted by atomic mass is 9.94. The van der Waals surface area contributed by atoms with Gasteiger partial charge in [0.1, 0.15) is 5.76 Å². The molecule has 1 aliphatic carbocycles. The zero-order valence-electron chi connectivity index (χ0n) is 11.3. The summed E-state index contributed by atoms with van der Waals surface area (Å²) in [5, 5.41) is 7.39. The Bertz CT molecular complexity index is 631. The highest BCUT2D eigenvalue weighted by molar-refractivity contribution is 7.89. The Kier molecular flexibility index (Phi) is 4.29. The van der Waals surface area contributed by atoms with Crippen LogP contribution in [0, 0.1) is 12.8 Å². The summed E-state index contributed by atoms with van der Waals surface area (Å²) in [5.74, 6) is 0.333. The number of hydrogen-bond acceptors (Lipinski definition) is 4. The van der Waals surface area contributed by atoms with Crippen molar-refractivity contribution in [2.24, 2.45) is 11.1 Å². The number of primary sulfonamides is 1. The van der Waals surface area contributed by atoms with Gasteiger partial charge in [-0.05, 0) is 32.1 Å². The number of allylic oxidation sites excluding steroid dienone is 2. The molecule has 3 N–H and O–H groups in total. The molecule has 1 aliphatic rings. The van der Waals surface area contributed by atoms with Gasteiger partial charge < -0.3 is 9.73 Å². The molecule has 1 amide bonds. The summed E-state index contributed by atoms with van der Waals surface area (Å²) in [5.41, 5.74) is 0.209. The maximum Gasteiger partial charge on any atom is 0.271 e. The molecule has 1 atom stereocenters. The minimum Gasteiger partial charge on any atom is -0.448 e. The average molecular weight is 298 g/mol. The average Bonchev–Trinajstić information content (AvgIpc) is 2.79. The summed E-state index contributed by atoms with van der Waals surface area (Å²) >= 11 is 0. The van der Waals surface area contributed by atoms with Crippen LogP contribution in [0.4, 0.5) is 0 Å². The van der Waals surface area contributed by atoms with Gasteiger partial charge in [0.2, 0.25) is 5.09 Å². The van der Waals surface area contributed by atoms with Gasteiger partial charge in [0, 0.05) is 12.6 Å². The molecular formula is C13H18N2O4S. The molecule has 0 bridgehead atoms. The van der Waals surface area contributed by atoms with E-state index in [1.54, 1.807) is 0 Å². The first-order valence-electron chi connectivity index (χ1n) is 6.44. The molecule has 6 nitrogen and oxygen atoms in total. The molecule has 1 aromatic rings. The SMILES string of the molecule is Cc1oc(S(N)(=O)=O)cc1C(=O)NCC1CC=CCC1. The number of furan rings is 1. The summed E-state index contributed by atoms with van der Waals surface area (Å²) in [6.07, 6.45) is 7.27. The normalized spacial score (nSPS) is 19.0. The Morgan fingerprint density at radius 3 is 2.80 bits per heavy atom. The molecule has 0 radical (unpaired) electrons. The number of nitrogens with one attached hydrogen (secondary N) is 1. The fourth-order valence-corrected chi connectivity index (χ4v) is 2.72. The zero-order valence-corrected chi connectivity index (χ0v) is 12.1. The topological polar surface area (TPSA) is 102 Å². The van der Waals surface area contributed by atoms with Gasteiger partial charge in [0.15, 0.2) is 0 Å². The molecule has 2 rings (SSSR count). The summed E-state index contributed by atoms with van der Waals surface area (Å²) in [6, 6.07) is 1.17. The van der Waals surface area contributed by atoms with Crippen molar-refractivity contribution in [1.82, 2.24) is 5.32 Å². The van der Waals surface area contributed by atoms with Crippen molar-refractivity contribution in [2.75, 3.05) is 6.54 Å². The minimum absolute atomic E-state index is 0.209. The summed E-state index contributed by atoms with van der Waals surface area (Å²) < 4.78 is 27.3. The highest BCUT2D eigenvalue weighted by Gasteiger charge is 2.21. The third kappa shape index (κ3) is 3.49. The second-order valence-corrected chi connectivity index (χ2v) is 6.43. The van der Waals surface area contributed by atoms with Gasteiger partial charge in [-0.15, -0.1) is 0 Å². The van der Waals surface area contributed by atoms with E-state index in [0.717, 1.165) is 19.3 Å². The standard InChI is InChI=1S/C13H18N2O4S/c1-9-11(7-12(19-9)20(14,17)18)13(16)15-8-10-5-3-2-4-6-10/h2-3,7,10H,4-6,8H2,1H3,(H,15,16)(H2,14,17,18). The second-order valence-electron chi connectivity index (χ2n) is 4.94. The Morgan fingerprint density at radius 2 is 2.25 bits per heavy atom. The van der Waals surface area contributed by atoms with Crippen molar-refractivity contribution < 1.29 is 17.6 Å². The molecular weight excluding hydrogens is 280 g/mol. The van der Waals surface area contributed by atoms with E-state index in [0.29, 0.717) is 12.5 Å². The van der Waals surface area contributed by atoms with E-state index >= 15 is 0 Å². The molecule has 0 aliphatic heterocycles. The number of sulfonamides is 1. The van der Waals surface area contributed by atoms with Crippen molar-refractivity contribution >= 4 is 15.9 Å². The monoisotopic (exact) mass is 298 g/mol. The van der Waals surface area contributed by atoms with Crippen LogP contribution in [0.5, 0.6) is 0 Å². The first-order valence-corrected chi connectivity index (χ1v) is 7.99. The predicted octanol–water partition coefficient (Wildman–Crippen LogP) is 1.32. The van der Waals surface area contributed by atoms with Gasteiger partial charge in [-0.25, -0.2) is 13.6 Å². The number of nitrogens with two attached hydrogens (primary N) is 1. The second kappa shape index (κ2) is 5.80. The number of carbonyl (C=O) groups excluding carboxylic acids is 1. The van der Waals surface area contributed by atoms with Crippen LogP contribution in [-0.4, -0.2) is 20.9 Å². The van der Waals surface area contributed by atoms with Gasteiger partial charge in [-0.1, -0.05) is 12.2 Å². The van der Waals surface area contributed by atoms with Crippen LogP contribution in [0.25, 0.3) is 0 Å². The van der Waals surface area contributed by atoms with Crippen LogP contribution in [0.15, 0.2) is 27.7 Å². The van der Waals surface area contributed by atoms with Crippen LogP contribution in [-0.2, 0) is 10.0 Å². The number of carbonyl (C=O) groups is 1. The van der Waals surface area contributed by atoms with E-state index in [1.165, 1.54) is 13.0 Å². The molecule has 1 unspecified atom stereocenters. The maximum atomic E-state index is 12.0. The van der Waals surface area contributed by atoms with Crippen molar-refractivity contribution in [3.05, 3.63) is 29.5 Å². The first kappa shape index (κ1) is 14.8. The van der Waals surface area contributed by atoms with Crippen LogP contribution in [0.1, 0.15) is 35.4 Å². The van der Waals surface area contributed by atoms with E-state index in [-0.39, 0.29) is 22.3 Å². The fourth-order valence-electron chi connectivity index (χ4n) is 2.19. The molecule has 0 saturated heterocycles. The van der Waals surface area contributed by atoms with E-state index in [1.807, 2.05) is 0 Å². The smallest absolute Gasteiger partial charge is 0.271 e. The van der Waals surface area contributed by atoms with Crippen LogP contribution < -0.4 is 10.5 Å². The van der Waals surface area contributed by atoms with Crippen molar-refractivity contribution in [3.8, 4) is 0 Å². The Hall–Kier alpha value is -1.60. The van der Waals surface area contributed by atoms with Gasteiger partial charge in [-0.3, -0.25) is 4.79 Å². The van der Waals surface area contributed by atoms with Gasteiger partial charge >= 0.3 is 0 Å². The van der Waals surface area contributed by atoms with Gasteiger partial charge in [0.05, 0.1) is 5.56 Å². The maximum absolute atomic E-state index is 12.0. The fraction of sp³-hybridized carbons (Fsp3) is 0.462. The van der Waals surface area contributed by atoms with Crippen LogP contribution in [0.3, 0.4) is 0 Å². The zero-order chi connectivity index (χ0) is 14.8. The quantitative estimate of drug-likeness (QED) is 0.818. The molecule has 20 heavy (non-hydrogen) atoms. The van der Waals surface area contributed by atoms with Crippen LogP contribution in [0.2, 0.25) is 0 Å². The minimum atomic E-state index is -3.93. The van der Waals surface area contributed by atoms with Gasteiger partial charge in [0.25, 0.3) is 15.9 Å². The molecule has 1 aromatic heterocycles. The van der Waals surface area contributed by atoms with E-state index in [9.17, 15) is 13.2 Å². The summed E-state index contributed by atoms with van der Waals surface area (Å²) in [4.78, 5) is 12.0. The third-order valence-corrected chi connectivity index (χ3v) is 4.11. The van der Waals surface area contributed by atoms with Crippen molar-refractivity contribution in [3.63, 3.8) is 0 Å². The largest absolute Gasteiger partial charge is 0.448 e. The van der Waals surface area contributed by atoms with E-state index < -0.39 is 10.0 Å². The molecule has 7 heteroatoms. The molecule has 1 heterocycles. The molecule has 0 saturated carbocycles.